The number of carbonyl (C=O) groups is 1. The van der Waals surface area contributed by atoms with Gasteiger partial charge in [0.15, 0.2) is 5.17 Å². The predicted octanol–water partition coefficient (Wildman–Crippen LogP) is 4.19. The van der Waals surface area contributed by atoms with Crippen LogP contribution in [0.5, 0.6) is 0 Å². The smallest absolute Gasteiger partial charge is 0.338 e. The zero-order valence-corrected chi connectivity index (χ0v) is 14.8. The minimum absolute atomic E-state index is 0.296. The van der Waals surface area contributed by atoms with Gasteiger partial charge in [-0.3, -0.25) is 0 Å². The summed E-state index contributed by atoms with van der Waals surface area (Å²) in [6, 6.07) is 4.78. The molecule has 1 heterocycles. The molecule has 1 atom stereocenters. The predicted molar refractivity (Wildman–Crippen MR) is 92.6 cm³/mol. The van der Waals surface area contributed by atoms with E-state index in [1.165, 1.54) is 11.8 Å². The van der Waals surface area contributed by atoms with Crippen molar-refractivity contribution in [1.82, 2.24) is 5.32 Å². The number of hydrogen-bond donors (Lipinski definition) is 1. The molecular weight excluding hydrogens is 343 g/mol. The van der Waals surface area contributed by atoms with Crippen molar-refractivity contribution in [2.45, 2.75) is 19.9 Å². The van der Waals surface area contributed by atoms with Crippen LogP contribution in [0, 0.1) is 0 Å². The van der Waals surface area contributed by atoms with Gasteiger partial charge in [0.25, 0.3) is 0 Å². The van der Waals surface area contributed by atoms with Gasteiger partial charge < -0.3 is 10.1 Å². The first-order chi connectivity index (χ1) is 10.5. The Morgan fingerprint density at radius 2 is 2.18 bits per heavy atom. The molecule has 1 aromatic rings. The standard InChI is InChI=1S/C15H16Cl2N2O2S/c1-4-21-14(20)11-8(2)18-15(22-3)19-13(11)9-6-5-7-10(16)12(9)17/h5-7,13H,4H2,1-3H3,(H,18,19). The quantitative estimate of drug-likeness (QED) is 0.822. The number of amidine groups is 1. The van der Waals surface area contributed by atoms with Crippen LogP contribution in [0.15, 0.2) is 34.5 Å². The number of halogens is 2. The van der Waals surface area contributed by atoms with Gasteiger partial charge in [0.2, 0.25) is 0 Å². The highest BCUT2D eigenvalue weighted by Crippen LogP contribution is 2.38. The van der Waals surface area contributed by atoms with Crippen molar-refractivity contribution in [1.29, 1.82) is 0 Å². The average Bonchev–Trinajstić information content (AvgIpc) is 2.49. The van der Waals surface area contributed by atoms with Crippen LogP contribution in [0.4, 0.5) is 0 Å². The Bertz CT molecular complexity index is 659. The van der Waals surface area contributed by atoms with Crippen molar-refractivity contribution in [3.63, 3.8) is 0 Å². The number of rotatable bonds is 3. The van der Waals surface area contributed by atoms with Crippen LogP contribution in [0.3, 0.4) is 0 Å². The molecule has 1 aromatic carbocycles. The second-order valence-corrected chi connectivity index (χ2v) is 6.15. The Labute approximate surface area is 143 Å². The summed E-state index contributed by atoms with van der Waals surface area (Å²) < 4.78 is 5.15. The van der Waals surface area contributed by atoms with Gasteiger partial charge in [0, 0.05) is 11.3 Å². The van der Waals surface area contributed by atoms with Crippen LogP contribution in [-0.4, -0.2) is 24.0 Å². The molecule has 0 fully saturated rings. The van der Waals surface area contributed by atoms with Gasteiger partial charge in [-0.2, -0.15) is 0 Å². The summed E-state index contributed by atoms with van der Waals surface area (Å²) in [5.74, 6) is -0.405. The summed E-state index contributed by atoms with van der Waals surface area (Å²) in [5.41, 5.74) is 1.84. The first kappa shape index (κ1) is 17.2. The van der Waals surface area contributed by atoms with E-state index < -0.39 is 12.0 Å². The zero-order chi connectivity index (χ0) is 16.3. The molecule has 118 valence electrons. The molecular formula is C15H16Cl2N2O2S. The van der Waals surface area contributed by atoms with Crippen molar-refractivity contribution < 1.29 is 9.53 Å². The van der Waals surface area contributed by atoms with Crippen LogP contribution in [0.25, 0.3) is 0 Å². The molecule has 0 aromatic heterocycles. The van der Waals surface area contributed by atoms with E-state index >= 15 is 0 Å². The number of aliphatic imine (C=N–C) groups is 1. The highest BCUT2D eigenvalue weighted by atomic mass is 35.5. The lowest BCUT2D eigenvalue weighted by atomic mass is 9.96. The summed E-state index contributed by atoms with van der Waals surface area (Å²) >= 11 is 13.9. The molecule has 0 bridgehead atoms. The van der Waals surface area contributed by atoms with Crippen molar-refractivity contribution in [2.24, 2.45) is 4.99 Å². The molecule has 4 nitrogen and oxygen atoms in total. The number of allylic oxidation sites excluding steroid dienone is 1. The second kappa shape index (κ2) is 7.40. The van der Waals surface area contributed by atoms with Crippen LogP contribution in [0.2, 0.25) is 10.0 Å². The van der Waals surface area contributed by atoms with Crippen LogP contribution >= 0.6 is 35.0 Å². The third kappa shape index (κ3) is 3.42. The van der Waals surface area contributed by atoms with E-state index in [1.54, 1.807) is 19.1 Å². The maximum atomic E-state index is 12.3. The summed E-state index contributed by atoms with van der Waals surface area (Å²) in [7, 11) is 0. The fraction of sp³-hybridized carbons (Fsp3) is 0.333. The van der Waals surface area contributed by atoms with E-state index in [1.807, 2.05) is 19.2 Å². The molecule has 1 unspecified atom stereocenters. The van der Waals surface area contributed by atoms with Gasteiger partial charge in [-0.25, -0.2) is 9.79 Å². The van der Waals surface area contributed by atoms with E-state index in [4.69, 9.17) is 27.9 Å². The largest absolute Gasteiger partial charge is 0.463 e. The number of nitrogens with zero attached hydrogens (tertiary/aromatic N) is 1. The lowest BCUT2D eigenvalue weighted by Gasteiger charge is -2.26. The minimum atomic E-state index is -0.533. The molecule has 2 rings (SSSR count). The number of benzene rings is 1. The summed E-state index contributed by atoms with van der Waals surface area (Å²) in [6.07, 6.45) is 1.91. The molecule has 0 radical (unpaired) electrons. The van der Waals surface area contributed by atoms with E-state index in [0.717, 1.165) is 0 Å². The number of hydrogen-bond acceptors (Lipinski definition) is 5. The molecule has 0 spiro atoms. The van der Waals surface area contributed by atoms with Crippen LogP contribution in [0.1, 0.15) is 25.5 Å². The molecule has 0 saturated carbocycles. The Hall–Kier alpha value is -1.17. The minimum Gasteiger partial charge on any atom is -0.463 e. The fourth-order valence-electron chi connectivity index (χ4n) is 2.18. The fourth-order valence-corrected chi connectivity index (χ4v) is 3.06. The molecule has 7 heteroatoms. The van der Waals surface area contributed by atoms with Gasteiger partial charge in [-0.1, -0.05) is 47.1 Å². The first-order valence-corrected chi connectivity index (χ1v) is 8.68. The van der Waals surface area contributed by atoms with Crippen molar-refractivity contribution in [3.8, 4) is 0 Å². The third-order valence-corrected chi connectivity index (χ3v) is 4.61. The molecule has 22 heavy (non-hydrogen) atoms. The SMILES string of the molecule is CCOC(=O)C1=C(C)NC(SC)=NC1c1cccc(Cl)c1Cl. The highest BCUT2D eigenvalue weighted by molar-refractivity contribution is 8.13. The zero-order valence-electron chi connectivity index (χ0n) is 12.4. The van der Waals surface area contributed by atoms with E-state index in [-0.39, 0.29) is 0 Å². The van der Waals surface area contributed by atoms with E-state index in [2.05, 4.69) is 10.3 Å². The lowest BCUT2D eigenvalue weighted by Crippen LogP contribution is -2.30. The topological polar surface area (TPSA) is 50.7 Å². The highest BCUT2D eigenvalue weighted by Gasteiger charge is 2.31. The number of nitrogens with one attached hydrogen (secondary N) is 1. The Morgan fingerprint density at radius 3 is 2.82 bits per heavy atom. The van der Waals surface area contributed by atoms with Gasteiger partial charge in [0.05, 0.1) is 22.2 Å². The Kier molecular flexibility index (Phi) is 5.78. The van der Waals surface area contributed by atoms with Crippen LogP contribution < -0.4 is 5.32 Å². The second-order valence-electron chi connectivity index (χ2n) is 4.57. The third-order valence-electron chi connectivity index (χ3n) is 3.18. The summed E-state index contributed by atoms with van der Waals surface area (Å²) in [5, 5.41) is 4.65. The first-order valence-electron chi connectivity index (χ1n) is 6.70. The number of ether oxygens (including phenoxy) is 1. The van der Waals surface area contributed by atoms with Crippen molar-refractivity contribution >= 4 is 46.1 Å². The van der Waals surface area contributed by atoms with Crippen LogP contribution in [-0.2, 0) is 9.53 Å². The summed E-state index contributed by atoms with van der Waals surface area (Å²) in [6.45, 7) is 3.88. The molecule has 1 N–H and O–H groups in total. The lowest BCUT2D eigenvalue weighted by molar-refractivity contribution is -0.138. The van der Waals surface area contributed by atoms with Crippen molar-refractivity contribution in [2.75, 3.05) is 12.9 Å². The number of carbonyl (C=O) groups excluding carboxylic acids is 1. The molecule has 0 saturated heterocycles. The summed E-state index contributed by atoms with van der Waals surface area (Å²) in [4.78, 5) is 16.9. The number of esters is 1. The monoisotopic (exact) mass is 358 g/mol. The molecule has 1 aliphatic rings. The molecule has 0 amide bonds. The Balaban J connectivity index is 2.55. The normalized spacial score (nSPS) is 17.9. The van der Waals surface area contributed by atoms with Crippen molar-refractivity contribution in [3.05, 3.63) is 45.1 Å². The van der Waals surface area contributed by atoms with Gasteiger partial charge in [0.1, 0.15) is 6.04 Å². The van der Waals surface area contributed by atoms with Gasteiger partial charge in [-0.15, -0.1) is 0 Å². The average molecular weight is 359 g/mol. The van der Waals surface area contributed by atoms with Gasteiger partial charge in [-0.05, 0) is 26.2 Å². The molecule has 0 aliphatic carbocycles. The van der Waals surface area contributed by atoms with E-state index in [9.17, 15) is 4.79 Å². The maximum absolute atomic E-state index is 12.3. The maximum Gasteiger partial charge on any atom is 0.338 e. The number of thioether (sulfide) groups is 1. The van der Waals surface area contributed by atoms with Gasteiger partial charge >= 0.3 is 5.97 Å². The Morgan fingerprint density at radius 1 is 1.45 bits per heavy atom. The van der Waals surface area contributed by atoms with E-state index in [0.29, 0.717) is 38.7 Å². The molecule has 1 aliphatic heterocycles.